The molecular weight excluding hydrogens is 166 g/mol. The maximum Gasteiger partial charge on any atom is 0.303 e. The fourth-order valence-corrected chi connectivity index (χ4v) is 1.89. The molecule has 2 unspecified atom stereocenters. The van der Waals surface area contributed by atoms with Gasteiger partial charge in [0.25, 0.3) is 0 Å². The highest BCUT2D eigenvalue weighted by molar-refractivity contribution is 5.66. The predicted molar refractivity (Wildman–Crippen MR) is 51.7 cm³/mol. The van der Waals surface area contributed by atoms with Crippen molar-refractivity contribution in [2.45, 2.75) is 45.1 Å². The van der Waals surface area contributed by atoms with E-state index in [1.165, 1.54) is 12.8 Å². The first kappa shape index (κ1) is 10.5. The molecule has 1 aliphatic rings. The second kappa shape index (κ2) is 5.22. The molecule has 2 atom stereocenters. The number of hydrogen-bond acceptors (Lipinski definition) is 2. The van der Waals surface area contributed by atoms with E-state index in [1.54, 1.807) is 0 Å². The van der Waals surface area contributed by atoms with Crippen molar-refractivity contribution in [3.8, 4) is 0 Å². The Morgan fingerprint density at radius 2 is 2.46 bits per heavy atom. The van der Waals surface area contributed by atoms with E-state index in [9.17, 15) is 4.79 Å². The van der Waals surface area contributed by atoms with Crippen LogP contribution >= 0.6 is 0 Å². The molecular formula is C10H19NO2. The molecule has 0 radical (unpaired) electrons. The van der Waals surface area contributed by atoms with Crippen LogP contribution in [0, 0.1) is 5.92 Å². The Bertz CT molecular complexity index is 164. The minimum Gasteiger partial charge on any atom is -0.481 e. The van der Waals surface area contributed by atoms with Gasteiger partial charge in [0.05, 0.1) is 0 Å². The van der Waals surface area contributed by atoms with E-state index in [0.717, 1.165) is 19.4 Å². The Morgan fingerprint density at radius 3 is 3.00 bits per heavy atom. The zero-order chi connectivity index (χ0) is 9.68. The van der Waals surface area contributed by atoms with Gasteiger partial charge in [-0.05, 0) is 38.1 Å². The molecule has 0 spiro atoms. The molecule has 0 aliphatic carbocycles. The van der Waals surface area contributed by atoms with Gasteiger partial charge in [-0.1, -0.05) is 6.92 Å². The molecule has 1 heterocycles. The maximum atomic E-state index is 10.4. The highest BCUT2D eigenvalue weighted by atomic mass is 16.4. The molecule has 0 aromatic heterocycles. The van der Waals surface area contributed by atoms with Crippen LogP contribution in [0.2, 0.25) is 0 Å². The summed E-state index contributed by atoms with van der Waals surface area (Å²) < 4.78 is 0. The van der Waals surface area contributed by atoms with Gasteiger partial charge in [0.1, 0.15) is 0 Å². The zero-order valence-electron chi connectivity index (χ0n) is 8.25. The summed E-state index contributed by atoms with van der Waals surface area (Å²) in [5.41, 5.74) is 0. The van der Waals surface area contributed by atoms with Crippen molar-refractivity contribution in [1.82, 2.24) is 5.32 Å². The Kier molecular flexibility index (Phi) is 4.22. The first-order valence-electron chi connectivity index (χ1n) is 5.13. The van der Waals surface area contributed by atoms with Crippen LogP contribution in [0.4, 0.5) is 0 Å². The largest absolute Gasteiger partial charge is 0.481 e. The van der Waals surface area contributed by atoms with Gasteiger partial charge in [0.15, 0.2) is 0 Å². The summed E-state index contributed by atoms with van der Waals surface area (Å²) >= 11 is 0. The van der Waals surface area contributed by atoms with Gasteiger partial charge < -0.3 is 10.4 Å². The average Bonchev–Trinajstić information content (AvgIpc) is 2.51. The molecule has 0 saturated carbocycles. The van der Waals surface area contributed by atoms with Gasteiger partial charge in [-0.3, -0.25) is 4.79 Å². The molecule has 76 valence electrons. The topological polar surface area (TPSA) is 49.3 Å². The van der Waals surface area contributed by atoms with Crippen LogP contribution < -0.4 is 5.32 Å². The van der Waals surface area contributed by atoms with E-state index in [4.69, 9.17) is 5.11 Å². The van der Waals surface area contributed by atoms with Crippen LogP contribution in [-0.2, 0) is 4.79 Å². The SMILES string of the molecule is CC(CCC1CCCN1)CC(=O)O. The van der Waals surface area contributed by atoms with E-state index in [-0.39, 0.29) is 0 Å². The van der Waals surface area contributed by atoms with E-state index < -0.39 is 5.97 Å². The molecule has 1 aliphatic heterocycles. The molecule has 1 rings (SSSR count). The van der Waals surface area contributed by atoms with Crippen molar-refractivity contribution in [2.24, 2.45) is 5.92 Å². The van der Waals surface area contributed by atoms with Crippen LogP contribution in [0.5, 0.6) is 0 Å². The second-order valence-electron chi connectivity index (χ2n) is 4.07. The summed E-state index contributed by atoms with van der Waals surface area (Å²) in [4.78, 5) is 10.4. The van der Waals surface area contributed by atoms with Crippen LogP contribution in [0.15, 0.2) is 0 Å². The van der Waals surface area contributed by atoms with Gasteiger partial charge in [-0.25, -0.2) is 0 Å². The highest BCUT2D eigenvalue weighted by Crippen LogP contribution is 2.16. The Hall–Kier alpha value is -0.570. The van der Waals surface area contributed by atoms with Gasteiger partial charge >= 0.3 is 5.97 Å². The molecule has 0 amide bonds. The lowest BCUT2D eigenvalue weighted by Gasteiger charge is -2.13. The van der Waals surface area contributed by atoms with Crippen molar-refractivity contribution >= 4 is 5.97 Å². The van der Waals surface area contributed by atoms with Crippen molar-refractivity contribution in [3.63, 3.8) is 0 Å². The highest BCUT2D eigenvalue weighted by Gasteiger charge is 2.15. The van der Waals surface area contributed by atoms with E-state index in [1.807, 2.05) is 6.92 Å². The number of nitrogens with one attached hydrogen (secondary N) is 1. The molecule has 2 N–H and O–H groups in total. The summed E-state index contributed by atoms with van der Waals surface area (Å²) in [6, 6.07) is 0.649. The maximum absolute atomic E-state index is 10.4. The number of carboxylic acid groups (broad SMARTS) is 1. The first-order chi connectivity index (χ1) is 6.18. The standard InChI is InChI=1S/C10H19NO2/c1-8(7-10(12)13)4-5-9-3-2-6-11-9/h8-9,11H,2-7H2,1H3,(H,12,13). The third-order valence-electron chi connectivity index (χ3n) is 2.69. The number of rotatable bonds is 5. The first-order valence-corrected chi connectivity index (χ1v) is 5.13. The molecule has 1 fully saturated rings. The van der Waals surface area contributed by atoms with Gasteiger partial charge in [-0.2, -0.15) is 0 Å². The molecule has 0 aromatic carbocycles. The van der Waals surface area contributed by atoms with Crippen LogP contribution in [0.25, 0.3) is 0 Å². The average molecular weight is 185 g/mol. The van der Waals surface area contributed by atoms with Crippen molar-refractivity contribution < 1.29 is 9.90 Å². The smallest absolute Gasteiger partial charge is 0.303 e. The monoisotopic (exact) mass is 185 g/mol. The third-order valence-corrected chi connectivity index (χ3v) is 2.69. The van der Waals surface area contributed by atoms with Crippen molar-refractivity contribution in [1.29, 1.82) is 0 Å². The van der Waals surface area contributed by atoms with E-state index >= 15 is 0 Å². The Balaban J connectivity index is 2.06. The molecule has 1 saturated heterocycles. The molecule has 0 bridgehead atoms. The summed E-state index contributed by atoms with van der Waals surface area (Å²) in [6.07, 6.45) is 5.02. The number of aliphatic carboxylic acids is 1. The molecule has 3 nitrogen and oxygen atoms in total. The lowest BCUT2D eigenvalue weighted by molar-refractivity contribution is -0.138. The molecule has 0 aromatic rings. The molecule has 3 heteroatoms. The van der Waals surface area contributed by atoms with Gasteiger partial charge in [0, 0.05) is 12.5 Å². The van der Waals surface area contributed by atoms with Crippen LogP contribution in [0.3, 0.4) is 0 Å². The molecule has 13 heavy (non-hydrogen) atoms. The summed E-state index contributed by atoms with van der Waals surface area (Å²) in [5, 5.41) is 12.0. The Morgan fingerprint density at radius 1 is 1.69 bits per heavy atom. The summed E-state index contributed by atoms with van der Waals surface area (Å²) in [6.45, 7) is 3.15. The minimum absolute atomic E-state index is 0.312. The van der Waals surface area contributed by atoms with Gasteiger partial charge in [0.2, 0.25) is 0 Å². The predicted octanol–water partition coefficient (Wildman–Crippen LogP) is 1.63. The minimum atomic E-state index is -0.674. The normalized spacial score (nSPS) is 24.5. The lowest BCUT2D eigenvalue weighted by Crippen LogP contribution is -2.22. The van der Waals surface area contributed by atoms with Gasteiger partial charge in [-0.15, -0.1) is 0 Å². The van der Waals surface area contributed by atoms with E-state index in [0.29, 0.717) is 18.4 Å². The second-order valence-corrected chi connectivity index (χ2v) is 4.07. The van der Waals surface area contributed by atoms with Crippen molar-refractivity contribution in [3.05, 3.63) is 0 Å². The van der Waals surface area contributed by atoms with E-state index in [2.05, 4.69) is 5.32 Å². The summed E-state index contributed by atoms with van der Waals surface area (Å²) in [7, 11) is 0. The Labute approximate surface area is 79.5 Å². The zero-order valence-corrected chi connectivity index (χ0v) is 8.25. The van der Waals surface area contributed by atoms with Crippen LogP contribution in [0.1, 0.15) is 39.0 Å². The fraction of sp³-hybridized carbons (Fsp3) is 0.900. The number of carbonyl (C=O) groups is 1. The fourth-order valence-electron chi connectivity index (χ4n) is 1.89. The lowest BCUT2D eigenvalue weighted by atomic mass is 9.98. The number of hydrogen-bond donors (Lipinski definition) is 2. The quantitative estimate of drug-likeness (QED) is 0.684. The third kappa shape index (κ3) is 4.27. The summed E-state index contributed by atoms with van der Waals surface area (Å²) in [5.74, 6) is -0.355. The number of carboxylic acids is 1. The van der Waals surface area contributed by atoms with Crippen molar-refractivity contribution in [2.75, 3.05) is 6.54 Å². The van der Waals surface area contributed by atoms with Crippen LogP contribution in [-0.4, -0.2) is 23.7 Å².